The van der Waals surface area contributed by atoms with E-state index in [1.54, 1.807) is 13.3 Å². The number of methoxy groups -OCH3 is 1. The van der Waals surface area contributed by atoms with Gasteiger partial charge in [-0.05, 0) is 45.8 Å². The number of halogens is 1. The highest BCUT2D eigenvalue weighted by Gasteiger charge is 2.08. The third-order valence-corrected chi connectivity index (χ3v) is 3.24. The minimum atomic E-state index is 0.455. The Morgan fingerprint density at radius 2 is 2.16 bits per heavy atom. The van der Waals surface area contributed by atoms with E-state index in [0.29, 0.717) is 18.1 Å². The van der Waals surface area contributed by atoms with Gasteiger partial charge in [0, 0.05) is 13.2 Å². The maximum absolute atomic E-state index is 5.82. The van der Waals surface area contributed by atoms with E-state index in [2.05, 4.69) is 26.2 Å². The second kappa shape index (κ2) is 6.43. The third-order valence-electron chi connectivity index (χ3n) is 2.61. The molecule has 0 saturated carbocycles. The molecule has 1 aromatic carbocycles. The van der Waals surface area contributed by atoms with Gasteiger partial charge in [-0.15, -0.1) is 0 Å². The molecule has 0 amide bonds. The molecule has 0 bridgehead atoms. The summed E-state index contributed by atoms with van der Waals surface area (Å²) in [6.07, 6.45) is 1.75. The highest BCUT2D eigenvalue weighted by molar-refractivity contribution is 9.10. The zero-order valence-electron chi connectivity index (χ0n) is 10.8. The van der Waals surface area contributed by atoms with Gasteiger partial charge in [0.05, 0.1) is 11.6 Å². The van der Waals surface area contributed by atoms with Gasteiger partial charge in [0.25, 0.3) is 0 Å². The monoisotopic (exact) mass is 322 g/mol. The molecule has 2 rings (SSSR count). The molecule has 5 heteroatoms. The van der Waals surface area contributed by atoms with Crippen molar-refractivity contribution in [3.63, 3.8) is 0 Å². The molecule has 1 aromatic heterocycles. The SMILES string of the molecule is CNc1cc(COc2c(Br)cccc2OC)ccn1. The van der Waals surface area contributed by atoms with Crippen molar-refractivity contribution in [2.45, 2.75) is 6.61 Å². The van der Waals surface area contributed by atoms with E-state index in [-0.39, 0.29) is 0 Å². The van der Waals surface area contributed by atoms with E-state index in [4.69, 9.17) is 9.47 Å². The Balaban J connectivity index is 2.14. The Hall–Kier alpha value is -1.75. The van der Waals surface area contributed by atoms with E-state index >= 15 is 0 Å². The molecule has 0 unspecified atom stereocenters. The fourth-order valence-corrected chi connectivity index (χ4v) is 2.11. The first kappa shape index (κ1) is 13.7. The van der Waals surface area contributed by atoms with Crippen molar-refractivity contribution < 1.29 is 9.47 Å². The standard InChI is InChI=1S/C14H15BrN2O2/c1-16-13-8-10(6-7-17-13)9-19-14-11(15)4-3-5-12(14)18-2/h3-8H,9H2,1-2H3,(H,16,17). The van der Waals surface area contributed by atoms with Crippen LogP contribution in [0.25, 0.3) is 0 Å². The van der Waals surface area contributed by atoms with Crippen molar-refractivity contribution in [2.24, 2.45) is 0 Å². The molecule has 19 heavy (non-hydrogen) atoms. The van der Waals surface area contributed by atoms with Crippen molar-refractivity contribution in [1.29, 1.82) is 0 Å². The van der Waals surface area contributed by atoms with Crippen LogP contribution in [0.2, 0.25) is 0 Å². The quantitative estimate of drug-likeness (QED) is 0.915. The van der Waals surface area contributed by atoms with Crippen LogP contribution in [-0.4, -0.2) is 19.1 Å². The zero-order valence-corrected chi connectivity index (χ0v) is 12.4. The lowest BCUT2D eigenvalue weighted by molar-refractivity contribution is 0.282. The van der Waals surface area contributed by atoms with E-state index in [1.165, 1.54) is 0 Å². The van der Waals surface area contributed by atoms with Gasteiger partial charge in [0.15, 0.2) is 11.5 Å². The molecule has 4 nitrogen and oxygen atoms in total. The summed E-state index contributed by atoms with van der Waals surface area (Å²) >= 11 is 3.46. The molecule has 1 N–H and O–H groups in total. The average Bonchev–Trinajstić information content (AvgIpc) is 2.46. The van der Waals surface area contributed by atoms with Crippen molar-refractivity contribution >= 4 is 21.7 Å². The molecule has 100 valence electrons. The van der Waals surface area contributed by atoms with Gasteiger partial charge in [-0.25, -0.2) is 4.98 Å². The molecule has 0 aliphatic heterocycles. The summed E-state index contributed by atoms with van der Waals surface area (Å²) in [6, 6.07) is 9.56. The van der Waals surface area contributed by atoms with Crippen LogP contribution in [0.4, 0.5) is 5.82 Å². The molecule has 0 atom stereocenters. The maximum Gasteiger partial charge on any atom is 0.175 e. The highest BCUT2D eigenvalue weighted by Crippen LogP contribution is 2.35. The van der Waals surface area contributed by atoms with Crippen molar-refractivity contribution in [3.05, 3.63) is 46.6 Å². The highest BCUT2D eigenvalue weighted by atomic mass is 79.9. The number of ether oxygens (including phenoxy) is 2. The molecule has 0 aliphatic carbocycles. The first-order valence-corrected chi connectivity index (χ1v) is 6.62. The van der Waals surface area contributed by atoms with Gasteiger partial charge < -0.3 is 14.8 Å². The summed E-state index contributed by atoms with van der Waals surface area (Å²) in [4.78, 5) is 4.16. The molecule has 0 aliphatic rings. The lowest BCUT2D eigenvalue weighted by Gasteiger charge is -2.12. The summed E-state index contributed by atoms with van der Waals surface area (Å²) in [5, 5.41) is 3.00. The van der Waals surface area contributed by atoms with Gasteiger partial charge in [-0.3, -0.25) is 0 Å². The van der Waals surface area contributed by atoms with Crippen LogP contribution in [0.1, 0.15) is 5.56 Å². The summed E-state index contributed by atoms with van der Waals surface area (Å²) in [6.45, 7) is 0.455. The van der Waals surface area contributed by atoms with E-state index < -0.39 is 0 Å². The van der Waals surface area contributed by atoms with Gasteiger partial charge in [-0.1, -0.05) is 6.07 Å². The Labute approximate surface area is 120 Å². The number of nitrogens with zero attached hydrogens (tertiary/aromatic N) is 1. The third kappa shape index (κ3) is 3.38. The maximum atomic E-state index is 5.82. The number of hydrogen-bond donors (Lipinski definition) is 1. The second-order valence-electron chi connectivity index (χ2n) is 3.86. The summed E-state index contributed by atoms with van der Waals surface area (Å²) in [7, 11) is 3.46. The first-order valence-electron chi connectivity index (χ1n) is 5.82. The van der Waals surface area contributed by atoms with Crippen molar-refractivity contribution in [2.75, 3.05) is 19.5 Å². The minimum Gasteiger partial charge on any atom is -0.493 e. The Morgan fingerprint density at radius 1 is 1.32 bits per heavy atom. The van der Waals surface area contributed by atoms with Crippen molar-refractivity contribution in [1.82, 2.24) is 4.98 Å². The minimum absolute atomic E-state index is 0.455. The van der Waals surface area contributed by atoms with Crippen molar-refractivity contribution in [3.8, 4) is 11.5 Å². The number of nitrogens with one attached hydrogen (secondary N) is 1. The molecule has 0 saturated heterocycles. The lowest BCUT2D eigenvalue weighted by atomic mass is 10.2. The Bertz CT molecular complexity index is 561. The summed E-state index contributed by atoms with van der Waals surface area (Å²) in [5.74, 6) is 2.23. The normalized spacial score (nSPS) is 10.1. The number of pyridine rings is 1. The fraction of sp³-hybridized carbons (Fsp3) is 0.214. The number of hydrogen-bond acceptors (Lipinski definition) is 4. The van der Waals surface area contributed by atoms with Crippen LogP contribution in [0.15, 0.2) is 41.0 Å². The predicted octanol–water partition coefficient (Wildman–Crippen LogP) is 3.47. The second-order valence-corrected chi connectivity index (χ2v) is 4.71. The van der Waals surface area contributed by atoms with E-state index in [9.17, 15) is 0 Å². The molecule has 0 spiro atoms. The van der Waals surface area contributed by atoms with Crippen LogP contribution < -0.4 is 14.8 Å². The predicted molar refractivity (Wildman–Crippen MR) is 78.8 cm³/mol. The number of rotatable bonds is 5. The first-order chi connectivity index (χ1) is 9.24. The van der Waals surface area contributed by atoms with E-state index in [0.717, 1.165) is 15.9 Å². The smallest absolute Gasteiger partial charge is 0.175 e. The Morgan fingerprint density at radius 3 is 2.89 bits per heavy atom. The van der Waals surface area contributed by atoms with Crippen LogP contribution in [0.3, 0.4) is 0 Å². The Kier molecular flexibility index (Phi) is 4.63. The molecule has 2 aromatic rings. The van der Waals surface area contributed by atoms with Gasteiger partial charge in [-0.2, -0.15) is 0 Å². The van der Waals surface area contributed by atoms with E-state index in [1.807, 2.05) is 37.4 Å². The molecular formula is C14H15BrN2O2. The average molecular weight is 323 g/mol. The number of para-hydroxylation sites is 1. The molecule has 0 radical (unpaired) electrons. The lowest BCUT2D eigenvalue weighted by Crippen LogP contribution is -2.00. The number of aromatic nitrogens is 1. The van der Waals surface area contributed by atoms with Crippen LogP contribution in [-0.2, 0) is 6.61 Å². The number of benzene rings is 1. The largest absolute Gasteiger partial charge is 0.493 e. The van der Waals surface area contributed by atoms with Gasteiger partial charge in [0.2, 0.25) is 0 Å². The fourth-order valence-electron chi connectivity index (χ4n) is 1.65. The van der Waals surface area contributed by atoms with Crippen LogP contribution >= 0.6 is 15.9 Å². The molecular weight excluding hydrogens is 308 g/mol. The molecule has 0 fully saturated rings. The topological polar surface area (TPSA) is 43.4 Å². The van der Waals surface area contributed by atoms with Crippen LogP contribution in [0, 0.1) is 0 Å². The number of anilines is 1. The summed E-state index contributed by atoms with van der Waals surface area (Å²) in [5.41, 5.74) is 1.04. The van der Waals surface area contributed by atoms with Gasteiger partial charge >= 0.3 is 0 Å². The zero-order chi connectivity index (χ0) is 13.7. The van der Waals surface area contributed by atoms with Crippen LogP contribution in [0.5, 0.6) is 11.5 Å². The summed E-state index contributed by atoms with van der Waals surface area (Å²) < 4.78 is 12.0. The molecule has 1 heterocycles. The van der Waals surface area contributed by atoms with Gasteiger partial charge in [0.1, 0.15) is 12.4 Å².